The van der Waals surface area contributed by atoms with Crippen molar-refractivity contribution < 1.29 is 18.0 Å². The first kappa shape index (κ1) is 19.8. The van der Waals surface area contributed by atoms with Gasteiger partial charge in [0.05, 0.1) is 23.6 Å². The maximum atomic E-state index is 12.3. The molecule has 0 aliphatic carbocycles. The van der Waals surface area contributed by atoms with E-state index >= 15 is 0 Å². The lowest BCUT2D eigenvalue weighted by atomic mass is 10.0. The molecule has 8 heteroatoms. The Morgan fingerprint density at radius 3 is 2.26 bits per heavy atom. The van der Waals surface area contributed by atoms with Gasteiger partial charge in [-0.05, 0) is 44.5 Å². The van der Waals surface area contributed by atoms with Crippen molar-refractivity contribution in [2.45, 2.75) is 25.8 Å². The van der Waals surface area contributed by atoms with Crippen LogP contribution >= 0.6 is 0 Å². The van der Waals surface area contributed by atoms with Crippen LogP contribution in [0, 0.1) is 0 Å². The highest BCUT2D eigenvalue weighted by Crippen LogP contribution is 2.23. The third kappa shape index (κ3) is 5.07. The second-order valence-corrected chi connectivity index (χ2v) is 10.0. The van der Waals surface area contributed by atoms with Crippen molar-refractivity contribution >= 4 is 27.2 Å². The first-order valence-electron chi connectivity index (χ1n) is 9.26. The van der Waals surface area contributed by atoms with E-state index in [0.717, 1.165) is 31.9 Å². The molecule has 1 unspecified atom stereocenters. The summed E-state index contributed by atoms with van der Waals surface area (Å²) in [6.45, 7) is 6.77. The Morgan fingerprint density at radius 1 is 1.11 bits per heavy atom. The number of anilines is 1. The average Bonchev–Trinajstić information content (AvgIpc) is 2.88. The molecular weight excluding hydrogens is 366 g/mol. The number of carbonyl (C=O) groups excluding carboxylic acids is 2. The Hall–Kier alpha value is -1.93. The number of nitrogens with one attached hydrogen (secondary N) is 1. The van der Waals surface area contributed by atoms with Gasteiger partial charge in [0.15, 0.2) is 15.6 Å². The van der Waals surface area contributed by atoms with Gasteiger partial charge < -0.3 is 10.2 Å². The Balaban J connectivity index is 1.48. The third-order valence-corrected chi connectivity index (χ3v) is 7.23. The lowest BCUT2D eigenvalue weighted by molar-refractivity contribution is -0.123. The van der Waals surface area contributed by atoms with E-state index in [1.807, 2.05) is 24.3 Å². The highest BCUT2D eigenvalue weighted by Gasteiger charge is 2.39. The Morgan fingerprint density at radius 2 is 1.74 bits per heavy atom. The fourth-order valence-corrected chi connectivity index (χ4v) is 5.85. The molecule has 0 saturated carbocycles. The van der Waals surface area contributed by atoms with Gasteiger partial charge in [-0.15, -0.1) is 0 Å². The van der Waals surface area contributed by atoms with Gasteiger partial charge in [0, 0.05) is 37.4 Å². The highest BCUT2D eigenvalue weighted by molar-refractivity contribution is 7.91. The molecule has 2 heterocycles. The molecule has 1 aromatic rings. The van der Waals surface area contributed by atoms with Crippen LogP contribution in [0.3, 0.4) is 0 Å². The van der Waals surface area contributed by atoms with Crippen LogP contribution in [0.4, 0.5) is 5.69 Å². The number of hydrogen-bond acceptors (Lipinski definition) is 6. The summed E-state index contributed by atoms with van der Waals surface area (Å²) in [7, 11) is -3.04. The predicted octanol–water partition coefficient (Wildman–Crippen LogP) is 0.705. The maximum absolute atomic E-state index is 12.3. The van der Waals surface area contributed by atoms with Crippen LogP contribution < -0.4 is 10.2 Å². The van der Waals surface area contributed by atoms with E-state index in [4.69, 9.17) is 0 Å². The van der Waals surface area contributed by atoms with E-state index in [9.17, 15) is 18.0 Å². The minimum absolute atomic E-state index is 0.0236. The van der Waals surface area contributed by atoms with Gasteiger partial charge in [0.2, 0.25) is 5.91 Å². The van der Waals surface area contributed by atoms with E-state index in [1.54, 1.807) is 13.8 Å². The molecule has 2 saturated heterocycles. The van der Waals surface area contributed by atoms with E-state index < -0.39 is 15.4 Å². The summed E-state index contributed by atoms with van der Waals surface area (Å²) < 4.78 is 23.3. The van der Waals surface area contributed by atoms with Gasteiger partial charge in [0.1, 0.15) is 0 Å². The molecular formula is C19H27N3O4S. The number of sulfone groups is 1. The number of Topliss-reactive ketones (excluding diaryl/α,β-unsaturated/α-hetero) is 1. The van der Waals surface area contributed by atoms with E-state index in [1.165, 1.54) is 0 Å². The molecule has 0 bridgehead atoms. The fraction of sp³-hybridized carbons (Fsp3) is 0.579. The Bertz CT molecular complexity index is 814. The fourth-order valence-electron chi connectivity index (χ4n) is 3.76. The molecule has 2 aliphatic heterocycles. The molecule has 148 valence electrons. The number of ketones is 1. The molecule has 0 radical (unpaired) electrons. The zero-order valence-corrected chi connectivity index (χ0v) is 16.7. The second-order valence-electron chi connectivity index (χ2n) is 7.82. The molecule has 1 amide bonds. The molecule has 2 fully saturated rings. The lowest BCUT2D eigenvalue weighted by Gasteiger charge is -2.36. The van der Waals surface area contributed by atoms with Crippen LogP contribution in [-0.4, -0.2) is 74.8 Å². The van der Waals surface area contributed by atoms with E-state index in [0.29, 0.717) is 12.0 Å². The molecule has 7 nitrogen and oxygen atoms in total. The smallest absolute Gasteiger partial charge is 0.234 e. The molecule has 1 atom stereocenters. The van der Waals surface area contributed by atoms with Gasteiger partial charge in [-0.25, -0.2) is 8.42 Å². The molecule has 2 aliphatic rings. The van der Waals surface area contributed by atoms with Crippen LogP contribution in [0.25, 0.3) is 0 Å². The number of nitrogens with zero attached hydrogens (tertiary/aromatic N) is 2. The summed E-state index contributed by atoms with van der Waals surface area (Å²) >= 11 is 0. The third-order valence-electron chi connectivity index (χ3n) is 5.32. The monoisotopic (exact) mass is 393 g/mol. The number of amides is 1. The van der Waals surface area contributed by atoms with Gasteiger partial charge in [0.25, 0.3) is 0 Å². The van der Waals surface area contributed by atoms with E-state index in [-0.39, 0.29) is 29.7 Å². The minimum atomic E-state index is -3.04. The molecule has 0 aromatic heterocycles. The van der Waals surface area contributed by atoms with Crippen LogP contribution in [-0.2, 0) is 14.6 Å². The maximum Gasteiger partial charge on any atom is 0.234 e. The van der Waals surface area contributed by atoms with Crippen LogP contribution in [0.2, 0.25) is 0 Å². The number of carbonyl (C=O) groups is 2. The normalized spacial score (nSPS) is 25.3. The summed E-state index contributed by atoms with van der Waals surface area (Å²) in [6.07, 6.45) is 0.477. The quantitative estimate of drug-likeness (QED) is 0.742. The average molecular weight is 394 g/mol. The number of benzene rings is 1. The van der Waals surface area contributed by atoms with Gasteiger partial charge in [-0.3, -0.25) is 14.5 Å². The first-order chi connectivity index (χ1) is 12.7. The molecule has 27 heavy (non-hydrogen) atoms. The Kier molecular flexibility index (Phi) is 5.58. The Labute approximate surface area is 160 Å². The first-order valence-corrected chi connectivity index (χ1v) is 11.1. The zero-order valence-electron chi connectivity index (χ0n) is 15.9. The summed E-state index contributed by atoms with van der Waals surface area (Å²) in [5.74, 6) is 0.107. The van der Waals surface area contributed by atoms with Crippen molar-refractivity contribution in [3.63, 3.8) is 0 Å². The van der Waals surface area contributed by atoms with Crippen molar-refractivity contribution in [2.75, 3.05) is 49.1 Å². The summed E-state index contributed by atoms with van der Waals surface area (Å²) in [6, 6.07) is 7.60. The SMILES string of the molecule is CC(=O)c1ccc(N2CCN(CC(=O)NC3(C)CCS(=O)(=O)C3)CC2)cc1. The van der Waals surface area contributed by atoms with E-state index in [2.05, 4.69) is 15.1 Å². The van der Waals surface area contributed by atoms with Crippen LogP contribution in [0.5, 0.6) is 0 Å². The van der Waals surface area contributed by atoms with Crippen LogP contribution in [0.15, 0.2) is 24.3 Å². The van der Waals surface area contributed by atoms with Crippen molar-refractivity contribution in [1.82, 2.24) is 10.2 Å². The van der Waals surface area contributed by atoms with Gasteiger partial charge >= 0.3 is 0 Å². The second kappa shape index (κ2) is 7.59. The minimum Gasteiger partial charge on any atom is -0.369 e. The van der Waals surface area contributed by atoms with Gasteiger partial charge in [-0.1, -0.05) is 0 Å². The predicted molar refractivity (Wildman–Crippen MR) is 105 cm³/mol. The molecule has 1 N–H and O–H groups in total. The van der Waals surface area contributed by atoms with Crippen molar-refractivity contribution in [3.05, 3.63) is 29.8 Å². The number of hydrogen-bond donors (Lipinski definition) is 1. The lowest BCUT2D eigenvalue weighted by Crippen LogP contribution is -2.53. The molecule has 3 rings (SSSR count). The molecule has 0 spiro atoms. The number of rotatable bonds is 5. The molecule has 1 aromatic carbocycles. The largest absolute Gasteiger partial charge is 0.369 e. The topological polar surface area (TPSA) is 86.8 Å². The van der Waals surface area contributed by atoms with Crippen LogP contribution in [0.1, 0.15) is 30.6 Å². The standard InChI is InChI=1S/C19H27N3O4S/c1-15(23)16-3-5-17(6-4-16)22-10-8-21(9-11-22)13-18(24)20-19(2)7-12-27(25,26)14-19/h3-6H,7-14H2,1-2H3,(H,20,24). The highest BCUT2D eigenvalue weighted by atomic mass is 32.2. The van der Waals surface area contributed by atoms with Crippen molar-refractivity contribution in [3.8, 4) is 0 Å². The summed E-state index contributed by atoms with van der Waals surface area (Å²) in [5, 5.41) is 2.91. The van der Waals surface area contributed by atoms with Crippen molar-refractivity contribution in [1.29, 1.82) is 0 Å². The van der Waals surface area contributed by atoms with Crippen molar-refractivity contribution in [2.24, 2.45) is 0 Å². The summed E-state index contributed by atoms with van der Waals surface area (Å²) in [5.41, 5.74) is 1.14. The zero-order chi connectivity index (χ0) is 19.7. The number of piperazine rings is 1. The van der Waals surface area contributed by atoms with Gasteiger partial charge in [-0.2, -0.15) is 0 Å². The summed E-state index contributed by atoms with van der Waals surface area (Å²) in [4.78, 5) is 28.0.